The van der Waals surface area contributed by atoms with Crippen LogP contribution in [0.1, 0.15) is 99.3 Å². The van der Waals surface area contributed by atoms with Gasteiger partial charge in [-0.25, -0.2) is 0 Å². The van der Waals surface area contributed by atoms with Crippen molar-refractivity contribution in [3.05, 3.63) is 0 Å². The van der Waals surface area contributed by atoms with Crippen LogP contribution in [0.2, 0.25) is 0 Å². The molecule has 3 aliphatic carbocycles. The first-order chi connectivity index (χ1) is 15.3. The molecule has 1 heterocycles. The van der Waals surface area contributed by atoms with Crippen molar-refractivity contribution in [2.24, 2.45) is 40.4 Å². The van der Waals surface area contributed by atoms with Gasteiger partial charge in [-0.05, 0) is 99.7 Å². The number of ether oxygens (including phenoxy) is 1. The smallest absolute Gasteiger partial charge is 0.165 e. The van der Waals surface area contributed by atoms with Crippen LogP contribution in [0.5, 0.6) is 0 Å². The molecule has 0 aromatic heterocycles. The molecule has 0 spiro atoms. The number of rotatable bonds is 5. The van der Waals surface area contributed by atoms with E-state index < -0.39 is 23.9 Å². The monoisotopic (exact) mass is 464 g/mol. The Morgan fingerprint density at radius 3 is 2.45 bits per heavy atom. The zero-order valence-electron chi connectivity index (χ0n) is 21.7. The van der Waals surface area contributed by atoms with Gasteiger partial charge in [-0.15, -0.1) is 0 Å². The fraction of sp³-hybridized carbons (Fsp3) is 0.964. The molecular weight excluding hydrogens is 416 g/mol. The molecule has 0 radical (unpaired) electrons. The maximum Gasteiger partial charge on any atom is 0.165 e. The Morgan fingerprint density at radius 1 is 1.09 bits per heavy atom. The number of hydrogen-bond donors (Lipinski definition) is 3. The molecule has 1 aliphatic heterocycles. The maximum atomic E-state index is 13.8. The molecular formula is C28H48O5. The number of aliphatic hydroxyl groups excluding tert-OH is 2. The summed E-state index contributed by atoms with van der Waals surface area (Å²) < 4.78 is 6.28. The van der Waals surface area contributed by atoms with Gasteiger partial charge >= 0.3 is 0 Å². The minimum atomic E-state index is -1.24. The van der Waals surface area contributed by atoms with Crippen LogP contribution >= 0.6 is 0 Å². The number of carbonyl (C=O) groups is 1. The highest BCUT2D eigenvalue weighted by Crippen LogP contribution is 2.60. The van der Waals surface area contributed by atoms with Crippen LogP contribution in [-0.4, -0.2) is 51.1 Å². The molecule has 33 heavy (non-hydrogen) atoms. The molecule has 10 atom stereocenters. The van der Waals surface area contributed by atoms with Gasteiger partial charge in [-0.2, -0.15) is 0 Å². The van der Waals surface area contributed by atoms with Crippen molar-refractivity contribution in [3.8, 4) is 0 Å². The summed E-state index contributed by atoms with van der Waals surface area (Å²) in [7, 11) is 0. The molecule has 0 bridgehead atoms. The standard InChI is InChI=1S/C28H48O5/c1-16-9-14-21(29)26(2,3)18(16)11-10-17-8-7-15-28(6)19-12-13-20(25(31)27(4,5)32)33-24(19)23(30)22(17)28/h16-22,24-25,29,31-32H,7-15H2,1-6H3/t16?,17-,18?,19?,20+,21-,22?,24?,25-,28+/m0/s1. The summed E-state index contributed by atoms with van der Waals surface area (Å²) in [5, 5.41) is 31.5. The number of Topliss-reactive ketones (excluding diaryl/α,β-unsaturated/α-hetero) is 1. The highest BCUT2D eigenvalue weighted by Gasteiger charge is 2.62. The summed E-state index contributed by atoms with van der Waals surface area (Å²) in [5.74, 6) is 1.96. The predicted octanol–water partition coefficient (Wildman–Crippen LogP) is 4.50. The van der Waals surface area contributed by atoms with E-state index in [1.165, 1.54) is 0 Å². The van der Waals surface area contributed by atoms with E-state index >= 15 is 0 Å². The van der Waals surface area contributed by atoms with Gasteiger partial charge in [0.2, 0.25) is 0 Å². The highest BCUT2D eigenvalue weighted by molar-refractivity contribution is 5.90. The van der Waals surface area contributed by atoms with E-state index in [4.69, 9.17) is 4.74 Å². The van der Waals surface area contributed by atoms with Crippen LogP contribution in [0.3, 0.4) is 0 Å². The van der Waals surface area contributed by atoms with Gasteiger partial charge in [0.25, 0.3) is 0 Å². The van der Waals surface area contributed by atoms with Crippen molar-refractivity contribution in [1.82, 2.24) is 0 Å². The quantitative estimate of drug-likeness (QED) is 0.558. The second-order valence-electron chi connectivity index (χ2n) is 13.5. The Hall–Kier alpha value is -0.490. The first kappa shape index (κ1) is 25.6. The molecule has 190 valence electrons. The number of carbonyl (C=O) groups excluding carboxylic acids is 1. The summed E-state index contributed by atoms with van der Waals surface area (Å²) in [6, 6.07) is 0. The number of aliphatic hydroxyl groups is 3. The molecule has 4 rings (SSSR count). The molecule has 5 unspecified atom stereocenters. The second-order valence-corrected chi connectivity index (χ2v) is 13.5. The van der Waals surface area contributed by atoms with E-state index in [0.29, 0.717) is 24.2 Å². The van der Waals surface area contributed by atoms with Crippen molar-refractivity contribution in [2.45, 2.75) is 129 Å². The molecule has 3 N–H and O–H groups in total. The molecule has 4 aliphatic rings. The number of fused-ring (bicyclic) bond motifs is 3. The highest BCUT2D eigenvalue weighted by atomic mass is 16.5. The first-order valence-corrected chi connectivity index (χ1v) is 13.6. The van der Waals surface area contributed by atoms with Crippen molar-refractivity contribution >= 4 is 5.78 Å². The maximum absolute atomic E-state index is 13.8. The summed E-state index contributed by atoms with van der Waals surface area (Å²) in [5.41, 5.74) is -1.35. The van der Waals surface area contributed by atoms with E-state index in [9.17, 15) is 20.1 Å². The lowest BCUT2D eigenvalue weighted by Crippen LogP contribution is -2.51. The Morgan fingerprint density at radius 2 is 1.79 bits per heavy atom. The SMILES string of the molecule is CC1CC[C@H](O)C(C)(C)C1CC[C@@H]1CCC[C@]2(C)C3CC[C@H]([C@H](O)C(C)(C)O)OC3C(=O)C12. The average molecular weight is 465 g/mol. The van der Waals surface area contributed by atoms with Crippen molar-refractivity contribution in [2.75, 3.05) is 0 Å². The fourth-order valence-corrected chi connectivity index (χ4v) is 8.57. The Labute approximate surface area is 200 Å². The van der Waals surface area contributed by atoms with E-state index in [2.05, 4.69) is 27.7 Å². The third-order valence-corrected chi connectivity index (χ3v) is 10.7. The fourth-order valence-electron chi connectivity index (χ4n) is 8.57. The zero-order valence-corrected chi connectivity index (χ0v) is 21.7. The lowest BCUT2D eigenvalue weighted by molar-refractivity contribution is -0.179. The summed E-state index contributed by atoms with van der Waals surface area (Å²) in [6.45, 7) is 12.3. The molecule has 3 saturated carbocycles. The largest absolute Gasteiger partial charge is 0.393 e. The molecule has 0 aromatic rings. The summed E-state index contributed by atoms with van der Waals surface area (Å²) in [6.07, 6.45) is 6.87. The Bertz CT molecular complexity index is 726. The third kappa shape index (κ3) is 4.34. The minimum absolute atomic E-state index is 0.0253. The lowest BCUT2D eigenvalue weighted by atomic mass is 9.57. The van der Waals surface area contributed by atoms with E-state index in [-0.39, 0.29) is 34.6 Å². The van der Waals surface area contributed by atoms with Crippen molar-refractivity contribution in [3.63, 3.8) is 0 Å². The van der Waals surface area contributed by atoms with Gasteiger partial charge in [0.05, 0.1) is 17.8 Å². The van der Waals surface area contributed by atoms with E-state index in [1.54, 1.807) is 13.8 Å². The van der Waals surface area contributed by atoms with Gasteiger partial charge in [0.1, 0.15) is 12.2 Å². The summed E-state index contributed by atoms with van der Waals surface area (Å²) >= 11 is 0. The molecule has 0 amide bonds. The van der Waals surface area contributed by atoms with Crippen molar-refractivity contribution < 1.29 is 24.9 Å². The first-order valence-electron chi connectivity index (χ1n) is 13.6. The Balaban J connectivity index is 1.49. The van der Waals surface area contributed by atoms with Crippen LogP contribution in [0.15, 0.2) is 0 Å². The van der Waals surface area contributed by atoms with Crippen LogP contribution in [-0.2, 0) is 9.53 Å². The van der Waals surface area contributed by atoms with Gasteiger partial charge in [-0.3, -0.25) is 4.79 Å². The molecule has 1 saturated heterocycles. The van der Waals surface area contributed by atoms with Crippen LogP contribution in [0.25, 0.3) is 0 Å². The van der Waals surface area contributed by atoms with E-state index in [1.807, 2.05) is 0 Å². The van der Waals surface area contributed by atoms with Gasteiger partial charge < -0.3 is 20.1 Å². The van der Waals surface area contributed by atoms with Crippen molar-refractivity contribution in [1.29, 1.82) is 0 Å². The molecule has 0 aromatic carbocycles. The average Bonchev–Trinajstić information content (AvgIpc) is 2.97. The molecule has 4 fully saturated rings. The Kier molecular flexibility index (Phi) is 6.88. The normalized spacial score (nSPS) is 46.5. The number of ketones is 1. The van der Waals surface area contributed by atoms with Gasteiger partial charge in [-0.1, -0.05) is 34.1 Å². The van der Waals surface area contributed by atoms with Gasteiger partial charge in [0, 0.05) is 5.92 Å². The topological polar surface area (TPSA) is 87.0 Å². The predicted molar refractivity (Wildman–Crippen MR) is 129 cm³/mol. The second kappa shape index (κ2) is 8.87. The van der Waals surface area contributed by atoms with Crippen LogP contribution < -0.4 is 0 Å². The van der Waals surface area contributed by atoms with Gasteiger partial charge in [0.15, 0.2) is 5.78 Å². The lowest BCUT2D eigenvalue weighted by Gasteiger charge is -2.48. The minimum Gasteiger partial charge on any atom is -0.393 e. The third-order valence-electron chi connectivity index (χ3n) is 10.7. The molecule has 5 nitrogen and oxygen atoms in total. The van der Waals surface area contributed by atoms with Crippen LogP contribution in [0.4, 0.5) is 0 Å². The molecule has 5 heteroatoms. The number of hydrogen-bond acceptors (Lipinski definition) is 5. The van der Waals surface area contributed by atoms with E-state index in [0.717, 1.165) is 51.4 Å². The zero-order chi connectivity index (χ0) is 24.3. The summed E-state index contributed by atoms with van der Waals surface area (Å²) in [4.78, 5) is 13.8. The van der Waals surface area contributed by atoms with Crippen LogP contribution in [0, 0.1) is 40.4 Å².